The predicted molar refractivity (Wildman–Crippen MR) is 121 cm³/mol. The fraction of sp³-hybridized carbons (Fsp3) is 0.458. The van der Waals surface area contributed by atoms with Crippen molar-refractivity contribution in [3.8, 4) is 17.4 Å². The molecule has 10 heteroatoms. The highest BCUT2D eigenvalue weighted by molar-refractivity contribution is 5.78. The number of methoxy groups -OCH3 is 1. The van der Waals surface area contributed by atoms with Crippen LogP contribution in [0.3, 0.4) is 0 Å². The lowest BCUT2D eigenvalue weighted by atomic mass is 9.96. The van der Waals surface area contributed by atoms with Crippen molar-refractivity contribution < 1.29 is 32.6 Å². The summed E-state index contributed by atoms with van der Waals surface area (Å²) in [7, 11) is 1.38. The maximum absolute atomic E-state index is 14.9. The van der Waals surface area contributed by atoms with Gasteiger partial charge in [0.05, 0.1) is 56.4 Å². The molecular weight excluding hydrogens is 443 g/mol. The van der Waals surface area contributed by atoms with Gasteiger partial charge in [0.1, 0.15) is 19.0 Å². The number of hydrogen-bond acceptors (Lipinski definition) is 9. The Morgan fingerprint density at radius 3 is 2.91 bits per heavy atom. The molecule has 3 aromatic heterocycles. The lowest BCUT2D eigenvalue weighted by Crippen LogP contribution is -2.44. The highest BCUT2D eigenvalue weighted by Crippen LogP contribution is 2.29. The van der Waals surface area contributed by atoms with Gasteiger partial charge in [-0.05, 0) is 18.9 Å². The molecule has 0 aliphatic carbocycles. The molecule has 2 aliphatic heterocycles. The van der Waals surface area contributed by atoms with Gasteiger partial charge in [-0.1, -0.05) is 0 Å². The molecule has 3 aromatic rings. The van der Waals surface area contributed by atoms with Crippen LogP contribution < -0.4 is 19.5 Å². The SMILES string of the molecule is [2H]C([2H])(c1c(F)cnc2ccc(OC)nc12)[C@]([2H])(O)[C@@H]1CC[C@@H](NCc2cc3c(cn2)OCCO3)CO1. The minimum atomic E-state index is -2.88. The van der Waals surface area contributed by atoms with E-state index in [2.05, 4.69) is 20.3 Å². The molecule has 0 radical (unpaired) electrons. The molecule has 5 heterocycles. The zero-order valence-electron chi connectivity index (χ0n) is 21.6. The zero-order valence-corrected chi connectivity index (χ0v) is 18.6. The van der Waals surface area contributed by atoms with Crippen molar-refractivity contribution in [2.75, 3.05) is 26.9 Å². The molecule has 0 spiro atoms. The van der Waals surface area contributed by atoms with Gasteiger partial charge in [-0.2, -0.15) is 0 Å². The van der Waals surface area contributed by atoms with Gasteiger partial charge in [0.2, 0.25) is 5.88 Å². The minimum absolute atomic E-state index is 0.114. The number of aliphatic hydroxyl groups is 1. The maximum Gasteiger partial charge on any atom is 0.213 e. The molecule has 0 bridgehead atoms. The normalized spacial score (nSPS) is 23.4. The van der Waals surface area contributed by atoms with E-state index in [1.54, 1.807) is 6.20 Å². The average molecular weight is 474 g/mol. The largest absolute Gasteiger partial charge is 0.486 e. The minimum Gasteiger partial charge on any atom is -0.486 e. The third-order valence-corrected chi connectivity index (χ3v) is 5.74. The van der Waals surface area contributed by atoms with Crippen LogP contribution in [0.5, 0.6) is 17.4 Å². The molecule has 34 heavy (non-hydrogen) atoms. The molecule has 5 rings (SSSR count). The number of fused-ring (bicyclic) bond motifs is 2. The van der Waals surface area contributed by atoms with E-state index < -0.39 is 29.9 Å². The van der Waals surface area contributed by atoms with Crippen LogP contribution in [0.4, 0.5) is 4.39 Å². The number of ether oxygens (including phenoxy) is 4. The number of pyridine rings is 3. The number of nitrogens with zero attached hydrogens (tertiary/aromatic N) is 3. The number of aromatic nitrogens is 3. The Hall–Kier alpha value is -3.08. The van der Waals surface area contributed by atoms with E-state index in [0.717, 1.165) is 11.9 Å². The van der Waals surface area contributed by atoms with Crippen molar-refractivity contribution in [3.63, 3.8) is 0 Å². The number of rotatable bonds is 7. The molecule has 9 nitrogen and oxygen atoms in total. The molecule has 0 aromatic carbocycles. The van der Waals surface area contributed by atoms with E-state index in [0.29, 0.717) is 37.7 Å². The molecule has 1 fully saturated rings. The highest BCUT2D eigenvalue weighted by Gasteiger charge is 2.29. The van der Waals surface area contributed by atoms with Gasteiger partial charge in [-0.25, -0.2) is 9.37 Å². The summed E-state index contributed by atoms with van der Waals surface area (Å²) in [4.78, 5) is 12.4. The van der Waals surface area contributed by atoms with E-state index in [-0.39, 0.29) is 36.0 Å². The van der Waals surface area contributed by atoms with Gasteiger partial charge in [-0.15, -0.1) is 0 Å². The van der Waals surface area contributed by atoms with Crippen LogP contribution in [0.2, 0.25) is 0 Å². The van der Waals surface area contributed by atoms with Crippen LogP contribution in [0.15, 0.2) is 30.6 Å². The van der Waals surface area contributed by atoms with Crippen molar-refractivity contribution in [3.05, 3.63) is 47.7 Å². The molecular formula is C24H27FN4O5. The van der Waals surface area contributed by atoms with Crippen LogP contribution in [-0.4, -0.2) is 65.2 Å². The van der Waals surface area contributed by atoms with Crippen molar-refractivity contribution in [2.24, 2.45) is 0 Å². The fourth-order valence-electron chi connectivity index (χ4n) is 3.93. The summed E-state index contributed by atoms with van der Waals surface area (Å²) in [6, 6.07) is 4.71. The first kappa shape index (κ1) is 19.2. The average Bonchev–Trinajstić information content (AvgIpc) is 2.91. The van der Waals surface area contributed by atoms with Gasteiger partial charge in [0.25, 0.3) is 0 Å². The van der Waals surface area contributed by atoms with Crippen molar-refractivity contribution in [1.82, 2.24) is 20.3 Å². The van der Waals surface area contributed by atoms with Gasteiger partial charge in [0, 0.05) is 39.4 Å². The molecule has 1 saturated heterocycles. The Labute approximate surface area is 200 Å². The van der Waals surface area contributed by atoms with E-state index in [1.165, 1.54) is 19.2 Å². The van der Waals surface area contributed by atoms with Crippen molar-refractivity contribution in [2.45, 2.75) is 44.0 Å². The molecule has 0 saturated carbocycles. The maximum atomic E-state index is 14.9. The first-order valence-electron chi connectivity index (χ1n) is 12.5. The molecule has 0 amide bonds. The Morgan fingerprint density at radius 2 is 2.12 bits per heavy atom. The molecule has 3 atom stereocenters. The van der Waals surface area contributed by atoms with Gasteiger partial charge in [-0.3, -0.25) is 9.97 Å². The fourth-order valence-corrected chi connectivity index (χ4v) is 3.93. The van der Waals surface area contributed by atoms with Crippen LogP contribution in [0, 0.1) is 5.82 Å². The second-order valence-electron chi connectivity index (χ2n) is 8.01. The van der Waals surface area contributed by atoms with E-state index in [4.69, 9.17) is 23.1 Å². The third-order valence-electron chi connectivity index (χ3n) is 5.74. The topological polar surface area (TPSA) is 108 Å². The second-order valence-corrected chi connectivity index (χ2v) is 8.01. The lowest BCUT2D eigenvalue weighted by molar-refractivity contribution is -0.0719. The molecule has 180 valence electrons. The summed E-state index contributed by atoms with van der Waals surface area (Å²) < 4.78 is 62.7. The number of nitrogens with one attached hydrogen (secondary N) is 1. The van der Waals surface area contributed by atoms with E-state index in [9.17, 15) is 9.50 Å². The van der Waals surface area contributed by atoms with Crippen LogP contribution in [-0.2, 0) is 17.7 Å². The number of halogens is 1. The Balaban J connectivity index is 1.28. The summed E-state index contributed by atoms with van der Waals surface area (Å²) >= 11 is 0. The smallest absolute Gasteiger partial charge is 0.213 e. The quantitative estimate of drug-likeness (QED) is 0.534. The van der Waals surface area contributed by atoms with E-state index in [1.807, 2.05) is 6.07 Å². The number of hydrogen-bond donors (Lipinski definition) is 2. The summed E-state index contributed by atoms with van der Waals surface area (Å²) in [6.07, 6.45) is -3.75. The van der Waals surface area contributed by atoms with Gasteiger partial charge < -0.3 is 29.4 Å². The molecule has 0 unspecified atom stereocenters. The van der Waals surface area contributed by atoms with Crippen LogP contribution in [0.25, 0.3) is 11.0 Å². The van der Waals surface area contributed by atoms with Crippen molar-refractivity contribution >= 4 is 11.0 Å². The first-order valence-corrected chi connectivity index (χ1v) is 11.0. The Kier molecular flexibility index (Phi) is 5.69. The Bertz CT molecular complexity index is 1290. The lowest BCUT2D eigenvalue weighted by Gasteiger charge is -2.32. The van der Waals surface area contributed by atoms with E-state index >= 15 is 0 Å². The third kappa shape index (κ3) is 4.89. The van der Waals surface area contributed by atoms with Gasteiger partial charge in [0.15, 0.2) is 11.5 Å². The standard InChI is InChI=1S/C24H27FN4O5/c1-31-23-5-3-18-24(29-23)16(17(25)11-28-18)9-19(30)20-4-2-14(13-34-20)26-10-15-8-21-22(12-27-15)33-7-6-32-21/h3,5,8,11-12,14,19-20,26,30H,2,4,6-7,9-10,13H2,1H3/t14-,19+,20+/m1/s1/i9D2,19D. The molecule has 2 N–H and O–H groups in total. The van der Waals surface area contributed by atoms with Crippen molar-refractivity contribution in [1.29, 1.82) is 0 Å². The second kappa shape index (κ2) is 10.0. The Morgan fingerprint density at radius 1 is 1.26 bits per heavy atom. The van der Waals surface area contributed by atoms with Crippen LogP contribution >= 0.6 is 0 Å². The molecule has 2 aliphatic rings. The summed E-state index contributed by atoms with van der Waals surface area (Å²) in [5, 5.41) is 14.4. The highest BCUT2D eigenvalue weighted by atomic mass is 19.1. The zero-order chi connectivity index (χ0) is 26.2. The first-order chi connectivity index (χ1) is 17.7. The monoisotopic (exact) mass is 473 g/mol. The predicted octanol–water partition coefficient (Wildman–Crippen LogP) is 2.18. The summed E-state index contributed by atoms with van der Waals surface area (Å²) in [6.45, 7) is 1.52. The summed E-state index contributed by atoms with van der Waals surface area (Å²) in [5.74, 6) is 0.351. The van der Waals surface area contributed by atoms with Crippen LogP contribution in [0.1, 0.15) is 28.2 Å². The summed E-state index contributed by atoms with van der Waals surface area (Å²) in [5.41, 5.74) is 0.265. The van der Waals surface area contributed by atoms with Gasteiger partial charge >= 0.3 is 0 Å².